The molecule has 0 fully saturated rings. The number of carbonyl (C=O) groups excluding carboxylic acids is 2. The van der Waals surface area contributed by atoms with Gasteiger partial charge in [-0.3, -0.25) is 14.5 Å². The number of amides is 2. The van der Waals surface area contributed by atoms with E-state index in [1.807, 2.05) is 13.0 Å². The van der Waals surface area contributed by atoms with Crippen molar-refractivity contribution in [3.05, 3.63) is 59.4 Å². The summed E-state index contributed by atoms with van der Waals surface area (Å²) in [7, 11) is 3.36. The van der Waals surface area contributed by atoms with Gasteiger partial charge < -0.3 is 19.7 Å². The highest BCUT2D eigenvalue weighted by Crippen LogP contribution is 2.27. The Morgan fingerprint density at radius 2 is 1.94 bits per heavy atom. The third-order valence-corrected chi connectivity index (χ3v) is 6.23. The van der Waals surface area contributed by atoms with Gasteiger partial charge >= 0.3 is 0 Å². The van der Waals surface area contributed by atoms with Gasteiger partial charge in [-0.25, -0.2) is 4.39 Å². The Balaban J connectivity index is 1.95. The Labute approximate surface area is 200 Å². The van der Waals surface area contributed by atoms with Gasteiger partial charge in [0.05, 0.1) is 11.7 Å². The van der Waals surface area contributed by atoms with Crippen molar-refractivity contribution in [2.45, 2.75) is 39.5 Å². The van der Waals surface area contributed by atoms with Gasteiger partial charge in [0.25, 0.3) is 5.91 Å². The summed E-state index contributed by atoms with van der Waals surface area (Å²) in [6, 6.07) is 11.8. The molecule has 0 radical (unpaired) electrons. The smallest absolute Gasteiger partial charge is 0.257 e. The molecule has 1 aliphatic heterocycles. The van der Waals surface area contributed by atoms with Crippen LogP contribution in [0.15, 0.2) is 42.5 Å². The van der Waals surface area contributed by atoms with Gasteiger partial charge in [0.2, 0.25) is 5.91 Å². The van der Waals surface area contributed by atoms with Crippen molar-refractivity contribution in [1.29, 1.82) is 0 Å². The van der Waals surface area contributed by atoms with Gasteiger partial charge in [0.15, 0.2) is 0 Å². The molecule has 2 aromatic rings. The number of nitrogens with zero attached hydrogens (tertiary/aromatic N) is 2. The van der Waals surface area contributed by atoms with E-state index >= 15 is 0 Å². The van der Waals surface area contributed by atoms with E-state index in [1.165, 1.54) is 13.0 Å². The molecule has 8 heteroatoms. The van der Waals surface area contributed by atoms with Crippen LogP contribution in [0.25, 0.3) is 0 Å². The Bertz CT molecular complexity index is 1020. The van der Waals surface area contributed by atoms with E-state index in [1.54, 1.807) is 49.4 Å². The fourth-order valence-corrected chi connectivity index (χ4v) is 4.20. The maximum Gasteiger partial charge on any atom is 0.257 e. The summed E-state index contributed by atoms with van der Waals surface area (Å²) in [6.45, 7) is 7.28. The molecule has 1 heterocycles. The number of likely N-dealkylation sites (N-methyl/N-ethyl adjacent to an activating group) is 1. The van der Waals surface area contributed by atoms with Crippen molar-refractivity contribution in [2.75, 3.05) is 39.2 Å². The average Bonchev–Trinajstić information content (AvgIpc) is 2.80. The summed E-state index contributed by atoms with van der Waals surface area (Å²) in [5.74, 6) is -0.169. The van der Waals surface area contributed by atoms with Crippen LogP contribution in [-0.4, -0.2) is 67.6 Å². The highest BCUT2D eigenvalue weighted by molar-refractivity contribution is 5.99. The molecule has 2 amide bonds. The SMILES string of the molecule is CO[C@@H]1CN(C)C(=O)c2cc(NC(C)=O)ccc2OC[C@@H](C)N(Cc2ccccc2F)C[C@@H]1C. The monoisotopic (exact) mass is 471 g/mol. The Morgan fingerprint density at radius 3 is 2.62 bits per heavy atom. The van der Waals surface area contributed by atoms with E-state index in [4.69, 9.17) is 9.47 Å². The predicted molar refractivity (Wildman–Crippen MR) is 129 cm³/mol. The van der Waals surface area contributed by atoms with Gasteiger partial charge in [-0.1, -0.05) is 25.1 Å². The van der Waals surface area contributed by atoms with Crippen molar-refractivity contribution in [3.8, 4) is 5.75 Å². The van der Waals surface area contributed by atoms with Gasteiger partial charge in [0, 0.05) is 58.0 Å². The zero-order chi connectivity index (χ0) is 24.8. The van der Waals surface area contributed by atoms with Crippen LogP contribution in [0.5, 0.6) is 5.75 Å². The van der Waals surface area contributed by atoms with Crippen molar-refractivity contribution in [3.63, 3.8) is 0 Å². The second-order valence-electron chi connectivity index (χ2n) is 9.01. The third-order valence-electron chi connectivity index (χ3n) is 6.23. The van der Waals surface area contributed by atoms with Crippen LogP contribution in [-0.2, 0) is 16.1 Å². The van der Waals surface area contributed by atoms with Crippen LogP contribution in [0.1, 0.15) is 36.7 Å². The first-order valence-corrected chi connectivity index (χ1v) is 11.5. The van der Waals surface area contributed by atoms with Gasteiger partial charge in [-0.05, 0) is 37.1 Å². The molecule has 3 atom stereocenters. The quantitative estimate of drug-likeness (QED) is 0.735. The number of benzene rings is 2. The Kier molecular flexibility index (Phi) is 8.63. The Hall–Kier alpha value is -2.97. The van der Waals surface area contributed by atoms with Crippen LogP contribution >= 0.6 is 0 Å². The number of nitrogens with one attached hydrogen (secondary N) is 1. The number of halogens is 1. The van der Waals surface area contributed by atoms with Crippen molar-refractivity contribution in [1.82, 2.24) is 9.80 Å². The first-order valence-electron chi connectivity index (χ1n) is 11.5. The summed E-state index contributed by atoms with van der Waals surface area (Å²) >= 11 is 0. The number of methoxy groups -OCH3 is 1. The third kappa shape index (κ3) is 6.33. The number of ether oxygens (including phenoxy) is 2. The molecule has 0 saturated carbocycles. The minimum Gasteiger partial charge on any atom is -0.491 e. The molecular weight excluding hydrogens is 437 g/mol. The van der Waals surface area contributed by atoms with E-state index in [9.17, 15) is 14.0 Å². The van der Waals surface area contributed by atoms with Crippen LogP contribution in [0.4, 0.5) is 10.1 Å². The maximum absolute atomic E-state index is 14.4. The summed E-state index contributed by atoms with van der Waals surface area (Å²) < 4.78 is 26.3. The molecular formula is C26H34FN3O4. The standard InChI is InChI=1S/C26H34FN3O4/c1-17-13-30(14-20-8-6-7-9-23(20)27)18(2)16-34-24-11-10-21(28-19(3)31)12-22(24)26(32)29(4)15-25(17)33-5/h6-12,17-18,25H,13-16H2,1-5H3,(H,28,31)/t17-,18+,25+/m0/s1. The van der Waals surface area contributed by atoms with Gasteiger partial charge in [-0.15, -0.1) is 0 Å². The van der Waals surface area contributed by atoms with E-state index in [0.717, 1.165) is 0 Å². The van der Waals surface area contributed by atoms with Gasteiger partial charge in [0.1, 0.15) is 18.2 Å². The molecule has 0 unspecified atom stereocenters. The molecule has 184 valence electrons. The number of rotatable bonds is 4. The predicted octanol–water partition coefficient (Wildman–Crippen LogP) is 3.79. The summed E-state index contributed by atoms with van der Waals surface area (Å²) in [6.07, 6.45) is -0.216. The number of hydrogen-bond acceptors (Lipinski definition) is 5. The largest absolute Gasteiger partial charge is 0.491 e. The lowest BCUT2D eigenvalue weighted by molar-refractivity contribution is -0.114. The number of hydrogen-bond donors (Lipinski definition) is 1. The van der Waals surface area contributed by atoms with Crippen LogP contribution < -0.4 is 10.1 Å². The highest BCUT2D eigenvalue weighted by atomic mass is 19.1. The minimum absolute atomic E-state index is 0.0605. The number of carbonyl (C=O) groups is 2. The normalized spacial score (nSPS) is 22.2. The van der Waals surface area contributed by atoms with Crippen molar-refractivity contribution in [2.24, 2.45) is 5.92 Å². The fourth-order valence-electron chi connectivity index (χ4n) is 4.20. The zero-order valence-electron chi connectivity index (χ0n) is 20.5. The van der Waals surface area contributed by atoms with E-state index in [2.05, 4.69) is 17.1 Å². The molecule has 0 spiro atoms. The van der Waals surface area contributed by atoms with E-state index in [0.29, 0.717) is 48.8 Å². The molecule has 1 aliphatic rings. The molecule has 7 nitrogen and oxygen atoms in total. The van der Waals surface area contributed by atoms with Crippen molar-refractivity contribution < 1.29 is 23.5 Å². The average molecular weight is 472 g/mol. The molecule has 34 heavy (non-hydrogen) atoms. The summed E-state index contributed by atoms with van der Waals surface area (Å²) in [4.78, 5) is 28.6. The lowest BCUT2D eigenvalue weighted by Crippen LogP contribution is -2.46. The lowest BCUT2D eigenvalue weighted by Gasteiger charge is -2.36. The fraction of sp³-hybridized carbons (Fsp3) is 0.462. The molecule has 1 N–H and O–H groups in total. The van der Waals surface area contributed by atoms with Crippen LogP contribution in [0.2, 0.25) is 0 Å². The number of anilines is 1. The maximum atomic E-state index is 14.4. The van der Waals surface area contributed by atoms with Crippen molar-refractivity contribution >= 4 is 17.5 Å². The minimum atomic E-state index is -0.237. The van der Waals surface area contributed by atoms with Crippen LogP contribution in [0, 0.1) is 11.7 Å². The first kappa shape index (κ1) is 25.6. The second kappa shape index (κ2) is 11.4. The van der Waals surface area contributed by atoms with E-state index < -0.39 is 0 Å². The Morgan fingerprint density at radius 1 is 1.21 bits per heavy atom. The lowest BCUT2D eigenvalue weighted by atomic mass is 10.0. The second-order valence-corrected chi connectivity index (χ2v) is 9.01. The molecule has 0 aliphatic carbocycles. The molecule has 2 aromatic carbocycles. The topological polar surface area (TPSA) is 71.1 Å². The zero-order valence-corrected chi connectivity index (χ0v) is 20.5. The molecule has 0 aromatic heterocycles. The highest BCUT2D eigenvalue weighted by Gasteiger charge is 2.28. The first-order chi connectivity index (χ1) is 16.2. The molecule has 3 rings (SSSR count). The van der Waals surface area contributed by atoms with Gasteiger partial charge in [-0.2, -0.15) is 0 Å². The molecule has 0 bridgehead atoms. The summed E-state index contributed by atoms with van der Waals surface area (Å²) in [5, 5.41) is 2.72. The molecule has 0 saturated heterocycles. The van der Waals surface area contributed by atoms with E-state index in [-0.39, 0.29) is 35.7 Å². The summed E-state index contributed by atoms with van der Waals surface area (Å²) in [5.41, 5.74) is 1.51. The number of fused-ring (bicyclic) bond motifs is 1. The van der Waals surface area contributed by atoms with Crippen LogP contribution in [0.3, 0.4) is 0 Å².